The van der Waals surface area contributed by atoms with E-state index in [1.807, 2.05) is 28.7 Å². The van der Waals surface area contributed by atoms with E-state index in [-0.39, 0.29) is 5.56 Å². The number of thioether (sulfide) groups is 1. The summed E-state index contributed by atoms with van der Waals surface area (Å²) in [6, 6.07) is 12.6. The van der Waals surface area contributed by atoms with Crippen molar-refractivity contribution in [1.29, 1.82) is 0 Å². The Bertz CT molecular complexity index is 1120. The van der Waals surface area contributed by atoms with Crippen LogP contribution in [0.3, 0.4) is 0 Å². The van der Waals surface area contributed by atoms with Gasteiger partial charge in [-0.1, -0.05) is 12.1 Å². The summed E-state index contributed by atoms with van der Waals surface area (Å²) in [6.07, 6.45) is 1.46. The second kappa shape index (κ2) is 5.64. The lowest BCUT2D eigenvalue weighted by molar-refractivity contribution is -0.645. The fourth-order valence-electron chi connectivity index (χ4n) is 2.65. The Kier molecular flexibility index (Phi) is 3.46. The van der Waals surface area contributed by atoms with Gasteiger partial charge in [0.15, 0.2) is 6.20 Å². The number of fused-ring (bicyclic) bond motifs is 3. The maximum atomic E-state index is 12.4. The van der Waals surface area contributed by atoms with E-state index in [1.54, 1.807) is 25.2 Å². The molecule has 0 fully saturated rings. The summed E-state index contributed by atoms with van der Waals surface area (Å²) in [7, 11) is 1.68. The maximum Gasteiger partial charge on any atom is 0.262 e. The molecule has 8 heteroatoms. The standard InChI is InChI=1S/C16H13N5O2S/c1-19-15(22)11-6-2-3-7-12(11)21-13(17-18-16(19)21)10-24-14-8-4-5-9-20(14)23/h2-9H,10H2,1H3. The van der Waals surface area contributed by atoms with Crippen LogP contribution in [0.4, 0.5) is 0 Å². The number of rotatable bonds is 3. The van der Waals surface area contributed by atoms with Gasteiger partial charge in [0, 0.05) is 19.2 Å². The molecule has 1 aromatic carbocycles. The Hall–Kier alpha value is -2.87. The van der Waals surface area contributed by atoms with E-state index in [0.717, 1.165) is 10.2 Å². The molecule has 0 N–H and O–H groups in total. The molecule has 4 rings (SSSR count). The van der Waals surface area contributed by atoms with Gasteiger partial charge in [0.1, 0.15) is 5.82 Å². The van der Waals surface area contributed by atoms with Crippen LogP contribution in [-0.4, -0.2) is 19.2 Å². The van der Waals surface area contributed by atoms with Crippen molar-refractivity contribution in [1.82, 2.24) is 19.2 Å². The van der Waals surface area contributed by atoms with E-state index >= 15 is 0 Å². The van der Waals surface area contributed by atoms with Crippen molar-refractivity contribution in [2.24, 2.45) is 7.05 Å². The molecular weight excluding hydrogens is 326 g/mol. The van der Waals surface area contributed by atoms with E-state index < -0.39 is 0 Å². The van der Waals surface area contributed by atoms with E-state index in [4.69, 9.17) is 0 Å². The Balaban J connectivity index is 1.85. The van der Waals surface area contributed by atoms with E-state index in [0.29, 0.717) is 27.8 Å². The van der Waals surface area contributed by atoms with E-state index in [2.05, 4.69) is 10.2 Å². The predicted octanol–water partition coefficient (Wildman–Crippen LogP) is 1.51. The molecule has 0 aliphatic heterocycles. The van der Waals surface area contributed by atoms with Crippen molar-refractivity contribution < 1.29 is 4.73 Å². The fraction of sp³-hybridized carbons (Fsp3) is 0.125. The highest BCUT2D eigenvalue weighted by atomic mass is 32.2. The number of pyridine rings is 1. The van der Waals surface area contributed by atoms with Crippen LogP contribution in [0.1, 0.15) is 5.82 Å². The number of para-hydroxylation sites is 1. The van der Waals surface area contributed by atoms with Crippen LogP contribution in [0.25, 0.3) is 16.7 Å². The second-order valence-electron chi connectivity index (χ2n) is 5.29. The number of aromatic nitrogens is 5. The highest BCUT2D eigenvalue weighted by molar-refractivity contribution is 7.98. The van der Waals surface area contributed by atoms with Crippen LogP contribution < -0.4 is 10.3 Å². The van der Waals surface area contributed by atoms with Crippen LogP contribution in [0, 0.1) is 5.21 Å². The van der Waals surface area contributed by atoms with Gasteiger partial charge in [0.25, 0.3) is 10.6 Å². The van der Waals surface area contributed by atoms with E-state index in [9.17, 15) is 10.0 Å². The summed E-state index contributed by atoms with van der Waals surface area (Å²) < 4.78 is 4.17. The zero-order chi connectivity index (χ0) is 16.7. The molecule has 3 heterocycles. The highest BCUT2D eigenvalue weighted by Crippen LogP contribution is 2.21. The van der Waals surface area contributed by atoms with Crippen molar-refractivity contribution in [3.8, 4) is 0 Å². The third-order valence-corrected chi connectivity index (χ3v) is 4.85. The monoisotopic (exact) mass is 339 g/mol. The van der Waals surface area contributed by atoms with Crippen LogP contribution in [0.2, 0.25) is 0 Å². The molecule has 7 nitrogen and oxygen atoms in total. The lowest BCUT2D eigenvalue weighted by atomic mass is 10.2. The molecule has 0 bridgehead atoms. The largest absolute Gasteiger partial charge is 0.618 e. The summed E-state index contributed by atoms with van der Waals surface area (Å²) in [5, 5.41) is 21.3. The number of benzene rings is 1. The first-order chi connectivity index (χ1) is 11.7. The topological polar surface area (TPSA) is 79.1 Å². The number of hydrogen-bond acceptors (Lipinski definition) is 5. The SMILES string of the molecule is Cn1c(=O)c2ccccc2n2c(CSc3cccc[n+]3[O-])nnc12. The summed E-state index contributed by atoms with van der Waals surface area (Å²) in [5.41, 5.74) is 0.657. The second-order valence-corrected chi connectivity index (χ2v) is 6.28. The molecule has 0 saturated heterocycles. The van der Waals surface area contributed by atoms with Crippen molar-refractivity contribution >= 4 is 28.4 Å². The number of hydrogen-bond donors (Lipinski definition) is 0. The molecule has 0 aliphatic carbocycles. The lowest BCUT2D eigenvalue weighted by Gasteiger charge is -2.07. The molecule has 120 valence electrons. The maximum absolute atomic E-state index is 12.4. The van der Waals surface area contributed by atoms with Crippen LogP contribution in [0.5, 0.6) is 0 Å². The first kappa shape index (κ1) is 14.7. The minimum absolute atomic E-state index is 0.106. The summed E-state index contributed by atoms with van der Waals surface area (Å²) >= 11 is 1.38. The smallest absolute Gasteiger partial charge is 0.262 e. The molecule has 0 radical (unpaired) electrons. The molecule has 0 aliphatic rings. The van der Waals surface area contributed by atoms with Crippen LogP contribution >= 0.6 is 11.8 Å². The molecule has 3 aromatic heterocycles. The molecule has 24 heavy (non-hydrogen) atoms. The molecule has 0 amide bonds. The molecule has 0 unspecified atom stereocenters. The Morgan fingerprint density at radius 3 is 2.79 bits per heavy atom. The van der Waals surface area contributed by atoms with Gasteiger partial charge < -0.3 is 5.21 Å². The normalized spacial score (nSPS) is 11.4. The molecule has 0 saturated carbocycles. The summed E-state index contributed by atoms with van der Waals surface area (Å²) in [4.78, 5) is 12.4. The average Bonchev–Trinajstić information content (AvgIpc) is 3.03. The summed E-state index contributed by atoms with van der Waals surface area (Å²) in [6.45, 7) is 0. The predicted molar refractivity (Wildman–Crippen MR) is 90.7 cm³/mol. The Morgan fingerprint density at radius 1 is 1.17 bits per heavy atom. The van der Waals surface area contributed by atoms with Crippen LogP contribution in [-0.2, 0) is 12.8 Å². The molecule has 0 atom stereocenters. The zero-order valence-electron chi connectivity index (χ0n) is 12.8. The Labute approximate surface area is 140 Å². The third kappa shape index (κ3) is 2.23. The minimum atomic E-state index is -0.106. The first-order valence-electron chi connectivity index (χ1n) is 7.29. The fourth-order valence-corrected chi connectivity index (χ4v) is 3.48. The highest BCUT2D eigenvalue weighted by Gasteiger charge is 2.15. The van der Waals surface area contributed by atoms with E-state index in [1.165, 1.54) is 22.5 Å². The number of aryl methyl sites for hydroxylation is 1. The molecule has 4 aromatic rings. The van der Waals surface area contributed by atoms with Gasteiger partial charge in [-0.25, -0.2) is 0 Å². The summed E-state index contributed by atoms with van der Waals surface area (Å²) in [5.74, 6) is 1.64. The van der Waals surface area contributed by atoms with Gasteiger partial charge in [0.05, 0.1) is 16.7 Å². The third-order valence-electron chi connectivity index (χ3n) is 3.83. The van der Waals surface area contributed by atoms with Gasteiger partial charge in [0.2, 0.25) is 5.78 Å². The zero-order valence-corrected chi connectivity index (χ0v) is 13.6. The minimum Gasteiger partial charge on any atom is -0.618 e. The van der Waals surface area contributed by atoms with Gasteiger partial charge in [-0.05, 0) is 30.0 Å². The first-order valence-corrected chi connectivity index (χ1v) is 8.28. The van der Waals surface area contributed by atoms with Gasteiger partial charge in [-0.15, -0.1) is 10.2 Å². The van der Waals surface area contributed by atoms with Crippen molar-refractivity contribution in [2.75, 3.05) is 0 Å². The van der Waals surface area contributed by atoms with Gasteiger partial charge in [-0.3, -0.25) is 13.8 Å². The Morgan fingerprint density at radius 2 is 1.96 bits per heavy atom. The van der Waals surface area contributed by atoms with Gasteiger partial charge >= 0.3 is 0 Å². The average molecular weight is 339 g/mol. The van der Waals surface area contributed by atoms with Gasteiger partial charge in [-0.2, -0.15) is 4.73 Å². The molecular formula is C16H13N5O2S. The van der Waals surface area contributed by atoms with Crippen molar-refractivity contribution in [3.05, 3.63) is 70.0 Å². The number of nitrogens with zero attached hydrogens (tertiary/aromatic N) is 5. The van der Waals surface area contributed by atoms with Crippen molar-refractivity contribution in [3.63, 3.8) is 0 Å². The lowest BCUT2D eigenvalue weighted by Crippen LogP contribution is -2.27. The van der Waals surface area contributed by atoms with Crippen LogP contribution in [0.15, 0.2) is 58.5 Å². The molecule has 0 spiro atoms. The van der Waals surface area contributed by atoms with Crippen molar-refractivity contribution in [2.45, 2.75) is 10.8 Å². The quantitative estimate of drug-likeness (QED) is 0.321.